The van der Waals surface area contributed by atoms with Gasteiger partial charge in [-0.2, -0.15) is 4.39 Å². The second-order valence-electron chi connectivity index (χ2n) is 1.49. The van der Waals surface area contributed by atoms with Gasteiger partial charge in [-0.25, -0.2) is 0 Å². The molecule has 0 bridgehead atoms. The number of carbonyl (C=O) groups excluding carboxylic acids is 1. The Balaban J connectivity index is 3.32. The van der Waals surface area contributed by atoms with Crippen molar-refractivity contribution in [3.05, 3.63) is 0 Å². The monoisotopic (exact) mass is 120 g/mol. The number of carbonyl (C=O) groups is 1. The van der Waals surface area contributed by atoms with E-state index in [1.54, 1.807) is 0 Å². The number of rotatable bonds is 3. The molecule has 0 heterocycles. The van der Waals surface area contributed by atoms with Crippen molar-refractivity contribution in [2.75, 3.05) is 6.54 Å². The minimum absolute atomic E-state index is 0.218. The van der Waals surface area contributed by atoms with Crippen molar-refractivity contribution in [3.63, 3.8) is 0 Å². The zero-order valence-electron chi connectivity index (χ0n) is 4.43. The van der Waals surface area contributed by atoms with Gasteiger partial charge >= 0.3 is 6.04 Å². The molecule has 1 atom stereocenters. The molecule has 0 aliphatic heterocycles. The quantitative estimate of drug-likeness (QED) is 0.477. The molecule has 0 amide bonds. The molecule has 0 aliphatic carbocycles. The van der Waals surface area contributed by atoms with E-state index in [4.69, 9.17) is 11.5 Å². The number of hydrogen-bond acceptors (Lipinski definition) is 3. The lowest BCUT2D eigenvalue weighted by molar-refractivity contribution is -0.130. The fraction of sp³-hybridized carbons (Fsp3) is 0.750. The molecular weight excluding hydrogens is 111 g/mol. The number of hydrogen-bond donors (Lipinski definition) is 2. The highest BCUT2D eigenvalue weighted by Gasteiger charge is 2.09. The third-order valence-corrected chi connectivity index (χ3v) is 0.769. The van der Waals surface area contributed by atoms with Crippen LogP contribution in [0.15, 0.2) is 0 Å². The second kappa shape index (κ2) is 3.51. The maximum absolute atomic E-state index is 11.5. The van der Waals surface area contributed by atoms with Gasteiger partial charge in [0.1, 0.15) is 0 Å². The van der Waals surface area contributed by atoms with Crippen molar-refractivity contribution >= 4 is 6.04 Å². The molecule has 0 aromatic rings. The lowest BCUT2D eigenvalue weighted by Gasteiger charge is -1.99. The van der Waals surface area contributed by atoms with Crippen molar-refractivity contribution in [1.82, 2.24) is 0 Å². The predicted octanol–water partition coefficient (Wildman–Crippen LogP) is -0.841. The lowest BCUT2D eigenvalue weighted by Crippen LogP contribution is -2.29. The Morgan fingerprint density at radius 3 is 2.38 bits per heavy atom. The summed E-state index contributed by atoms with van der Waals surface area (Å²) in [6.07, 6.45) is 0.218. The molecule has 3 nitrogen and oxygen atoms in total. The van der Waals surface area contributed by atoms with E-state index in [1.807, 2.05) is 0 Å². The van der Waals surface area contributed by atoms with Crippen molar-refractivity contribution in [2.24, 2.45) is 11.5 Å². The van der Waals surface area contributed by atoms with Crippen LogP contribution in [0.1, 0.15) is 6.42 Å². The highest BCUT2D eigenvalue weighted by Crippen LogP contribution is 1.86. The summed E-state index contributed by atoms with van der Waals surface area (Å²) in [7, 11) is 0. The first kappa shape index (κ1) is 7.52. The molecule has 0 saturated carbocycles. The molecule has 0 aromatic carbocycles. The first-order valence-electron chi connectivity index (χ1n) is 2.33. The largest absolute Gasteiger partial charge is 0.330 e. The molecule has 0 rings (SSSR count). The van der Waals surface area contributed by atoms with Crippen LogP contribution >= 0.6 is 0 Å². The Labute approximate surface area is 46.8 Å². The SMILES string of the molecule is NCC[C@H](N)C(=O)F. The van der Waals surface area contributed by atoms with Crippen LogP contribution in [0.2, 0.25) is 0 Å². The van der Waals surface area contributed by atoms with Crippen LogP contribution in [-0.4, -0.2) is 18.6 Å². The van der Waals surface area contributed by atoms with E-state index in [2.05, 4.69) is 0 Å². The van der Waals surface area contributed by atoms with Gasteiger partial charge in [0.05, 0.1) is 6.04 Å². The second-order valence-corrected chi connectivity index (χ2v) is 1.49. The zero-order chi connectivity index (χ0) is 6.57. The third kappa shape index (κ3) is 2.65. The fourth-order valence-corrected chi connectivity index (χ4v) is 0.293. The topological polar surface area (TPSA) is 69.1 Å². The average Bonchev–Trinajstić information content (AvgIpc) is 1.67. The normalized spacial score (nSPS) is 13.4. The van der Waals surface area contributed by atoms with Gasteiger partial charge < -0.3 is 11.5 Å². The van der Waals surface area contributed by atoms with Crippen molar-refractivity contribution < 1.29 is 9.18 Å². The Bertz CT molecular complexity index is 86.1. The van der Waals surface area contributed by atoms with Gasteiger partial charge in [0.2, 0.25) is 0 Å². The molecule has 8 heavy (non-hydrogen) atoms. The van der Waals surface area contributed by atoms with E-state index in [1.165, 1.54) is 0 Å². The first-order valence-corrected chi connectivity index (χ1v) is 2.33. The molecule has 0 radical (unpaired) electrons. The minimum Gasteiger partial charge on any atom is -0.330 e. The molecular formula is C4H9FN2O. The van der Waals surface area contributed by atoms with Crippen LogP contribution in [0.25, 0.3) is 0 Å². The predicted molar refractivity (Wildman–Crippen MR) is 27.8 cm³/mol. The summed E-state index contributed by atoms with van der Waals surface area (Å²) in [5, 5.41) is 0. The van der Waals surface area contributed by atoms with Gasteiger partial charge in [0.15, 0.2) is 0 Å². The van der Waals surface area contributed by atoms with Gasteiger partial charge in [-0.05, 0) is 13.0 Å². The van der Waals surface area contributed by atoms with Gasteiger partial charge in [-0.15, -0.1) is 0 Å². The first-order chi connectivity index (χ1) is 3.68. The summed E-state index contributed by atoms with van der Waals surface area (Å²) >= 11 is 0. The van der Waals surface area contributed by atoms with Crippen molar-refractivity contribution in [3.8, 4) is 0 Å². The van der Waals surface area contributed by atoms with Gasteiger partial charge in [0, 0.05) is 0 Å². The van der Waals surface area contributed by atoms with Crippen LogP contribution in [0.4, 0.5) is 4.39 Å². The van der Waals surface area contributed by atoms with Crippen LogP contribution < -0.4 is 11.5 Å². The summed E-state index contributed by atoms with van der Waals surface area (Å²) in [6, 6.07) is -2.50. The van der Waals surface area contributed by atoms with E-state index in [0.717, 1.165) is 0 Å². The van der Waals surface area contributed by atoms with E-state index in [-0.39, 0.29) is 13.0 Å². The fourth-order valence-electron chi connectivity index (χ4n) is 0.293. The molecule has 0 saturated heterocycles. The van der Waals surface area contributed by atoms with Gasteiger partial charge in [-0.1, -0.05) is 0 Å². The van der Waals surface area contributed by atoms with Crippen LogP contribution in [-0.2, 0) is 4.79 Å². The molecule has 0 fully saturated rings. The molecule has 0 aliphatic rings. The van der Waals surface area contributed by atoms with Gasteiger partial charge in [0.25, 0.3) is 0 Å². The summed E-state index contributed by atoms with van der Waals surface area (Å²) in [5.74, 6) is 0. The summed E-state index contributed by atoms with van der Waals surface area (Å²) in [5.41, 5.74) is 9.89. The molecule has 48 valence electrons. The Hall–Kier alpha value is -0.480. The standard InChI is InChI=1S/C4H9FN2O/c5-4(8)3(7)1-2-6/h3H,1-2,6-7H2/t3-/m0/s1. The Morgan fingerprint density at radius 1 is 1.75 bits per heavy atom. The lowest BCUT2D eigenvalue weighted by atomic mass is 10.2. The van der Waals surface area contributed by atoms with Crippen LogP contribution in [0.5, 0.6) is 0 Å². The highest BCUT2D eigenvalue weighted by atomic mass is 19.1. The van der Waals surface area contributed by atoms with E-state index in [9.17, 15) is 9.18 Å². The van der Waals surface area contributed by atoms with E-state index in [0.29, 0.717) is 0 Å². The summed E-state index contributed by atoms with van der Waals surface area (Å²) in [4.78, 5) is 9.69. The molecule has 4 heteroatoms. The number of nitrogens with two attached hydrogens (primary N) is 2. The molecule has 0 unspecified atom stereocenters. The average molecular weight is 120 g/mol. The Kier molecular flexibility index (Phi) is 3.30. The maximum Gasteiger partial charge on any atom is 0.318 e. The molecule has 4 N–H and O–H groups in total. The number of halogens is 1. The summed E-state index contributed by atoms with van der Waals surface area (Å²) < 4.78 is 11.5. The molecule has 0 spiro atoms. The maximum atomic E-state index is 11.5. The Morgan fingerprint density at radius 2 is 2.25 bits per heavy atom. The molecule has 0 aromatic heterocycles. The van der Waals surface area contributed by atoms with Crippen LogP contribution in [0, 0.1) is 0 Å². The van der Waals surface area contributed by atoms with Crippen LogP contribution in [0.3, 0.4) is 0 Å². The van der Waals surface area contributed by atoms with Crippen molar-refractivity contribution in [2.45, 2.75) is 12.5 Å². The van der Waals surface area contributed by atoms with E-state index >= 15 is 0 Å². The van der Waals surface area contributed by atoms with E-state index < -0.39 is 12.1 Å². The smallest absolute Gasteiger partial charge is 0.318 e. The van der Waals surface area contributed by atoms with Crippen molar-refractivity contribution in [1.29, 1.82) is 0 Å². The third-order valence-electron chi connectivity index (χ3n) is 0.769. The summed E-state index contributed by atoms with van der Waals surface area (Å²) in [6.45, 7) is 0.247. The minimum atomic E-state index is -1.49. The zero-order valence-corrected chi connectivity index (χ0v) is 4.43. The highest BCUT2D eigenvalue weighted by molar-refractivity contribution is 5.73. The van der Waals surface area contributed by atoms with Gasteiger partial charge in [-0.3, -0.25) is 4.79 Å².